The number of rotatable bonds is 5. The molecule has 2 rings (SSSR count). The molecule has 0 atom stereocenters. The van der Waals surface area contributed by atoms with E-state index in [4.69, 9.17) is 15.2 Å². The molecule has 20 heavy (non-hydrogen) atoms. The van der Waals surface area contributed by atoms with E-state index in [-0.39, 0.29) is 0 Å². The highest BCUT2D eigenvalue weighted by Gasteiger charge is 2.10. The molecule has 0 amide bonds. The summed E-state index contributed by atoms with van der Waals surface area (Å²) < 4.78 is 6.78. The van der Waals surface area contributed by atoms with Crippen LogP contribution in [-0.4, -0.2) is 28.3 Å². The SMILES string of the molecule is COc1ccc(-c2nn(CCC#N)cc2C=NO)cc1. The molecule has 1 heterocycles. The molecule has 0 radical (unpaired) electrons. The normalized spacial score (nSPS) is 10.6. The number of aryl methyl sites for hydroxylation is 1. The van der Waals surface area contributed by atoms with Crippen LogP contribution in [0.4, 0.5) is 0 Å². The molecular formula is C14H14N4O2. The molecule has 102 valence electrons. The fourth-order valence-electron chi connectivity index (χ4n) is 1.85. The van der Waals surface area contributed by atoms with E-state index in [2.05, 4.69) is 16.3 Å². The van der Waals surface area contributed by atoms with Crippen LogP contribution < -0.4 is 4.74 Å². The summed E-state index contributed by atoms with van der Waals surface area (Å²) in [5.74, 6) is 0.759. The Kier molecular flexibility index (Phi) is 4.35. The summed E-state index contributed by atoms with van der Waals surface area (Å²) >= 11 is 0. The second kappa shape index (κ2) is 6.38. The van der Waals surface area contributed by atoms with E-state index < -0.39 is 0 Å². The molecule has 6 nitrogen and oxygen atoms in total. The van der Waals surface area contributed by atoms with Crippen LogP contribution in [0.25, 0.3) is 11.3 Å². The van der Waals surface area contributed by atoms with Crippen molar-refractivity contribution in [3.63, 3.8) is 0 Å². The summed E-state index contributed by atoms with van der Waals surface area (Å²) in [6, 6.07) is 9.50. The van der Waals surface area contributed by atoms with Gasteiger partial charge in [-0.1, -0.05) is 5.16 Å². The minimum absolute atomic E-state index is 0.374. The molecule has 0 unspecified atom stereocenters. The Morgan fingerprint density at radius 2 is 2.20 bits per heavy atom. The second-order valence-electron chi connectivity index (χ2n) is 4.08. The predicted molar refractivity (Wildman–Crippen MR) is 73.8 cm³/mol. The molecule has 0 saturated carbocycles. The van der Waals surface area contributed by atoms with Crippen LogP contribution in [-0.2, 0) is 6.54 Å². The quantitative estimate of drug-likeness (QED) is 0.513. The maximum atomic E-state index is 8.72. The summed E-state index contributed by atoms with van der Waals surface area (Å²) in [6.45, 7) is 0.499. The predicted octanol–water partition coefficient (Wildman–Crippen LogP) is 2.28. The highest BCUT2D eigenvalue weighted by atomic mass is 16.5. The highest BCUT2D eigenvalue weighted by Crippen LogP contribution is 2.23. The minimum Gasteiger partial charge on any atom is -0.497 e. The average molecular weight is 270 g/mol. The number of hydrogen-bond acceptors (Lipinski definition) is 5. The Morgan fingerprint density at radius 3 is 2.80 bits per heavy atom. The molecular weight excluding hydrogens is 256 g/mol. The summed E-state index contributed by atoms with van der Waals surface area (Å²) in [5, 5.41) is 24.8. The van der Waals surface area contributed by atoms with Gasteiger partial charge in [0, 0.05) is 17.3 Å². The molecule has 1 aromatic carbocycles. The van der Waals surface area contributed by atoms with Crippen LogP contribution >= 0.6 is 0 Å². The van der Waals surface area contributed by atoms with Gasteiger partial charge in [0.1, 0.15) is 11.4 Å². The monoisotopic (exact) mass is 270 g/mol. The minimum atomic E-state index is 0.374. The largest absolute Gasteiger partial charge is 0.497 e. The highest BCUT2D eigenvalue weighted by molar-refractivity contribution is 5.88. The van der Waals surface area contributed by atoms with Crippen molar-refractivity contribution >= 4 is 6.21 Å². The fourth-order valence-corrected chi connectivity index (χ4v) is 1.85. The van der Waals surface area contributed by atoms with Gasteiger partial charge >= 0.3 is 0 Å². The Balaban J connectivity index is 2.37. The number of nitriles is 1. The van der Waals surface area contributed by atoms with Crippen LogP contribution in [0.5, 0.6) is 5.75 Å². The van der Waals surface area contributed by atoms with Crippen molar-refractivity contribution in [2.75, 3.05) is 7.11 Å². The summed E-state index contributed by atoms with van der Waals surface area (Å²) in [6.07, 6.45) is 3.45. The van der Waals surface area contributed by atoms with E-state index in [0.717, 1.165) is 11.3 Å². The van der Waals surface area contributed by atoms with E-state index in [1.165, 1.54) is 6.21 Å². The Morgan fingerprint density at radius 1 is 1.45 bits per heavy atom. The van der Waals surface area contributed by atoms with Crippen molar-refractivity contribution in [3.8, 4) is 23.1 Å². The summed E-state index contributed by atoms with van der Waals surface area (Å²) in [7, 11) is 1.61. The van der Waals surface area contributed by atoms with Gasteiger partial charge < -0.3 is 9.94 Å². The lowest BCUT2D eigenvalue weighted by molar-refractivity contribution is 0.322. The van der Waals surface area contributed by atoms with Crippen molar-refractivity contribution in [1.82, 2.24) is 9.78 Å². The second-order valence-corrected chi connectivity index (χ2v) is 4.08. The third-order valence-electron chi connectivity index (χ3n) is 2.80. The number of hydrogen-bond donors (Lipinski definition) is 1. The third kappa shape index (κ3) is 2.95. The topological polar surface area (TPSA) is 83.4 Å². The molecule has 0 aliphatic rings. The van der Waals surface area contributed by atoms with Gasteiger partial charge in [0.05, 0.1) is 32.4 Å². The van der Waals surface area contributed by atoms with Gasteiger partial charge in [-0.3, -0.25) is 4.68 Å². The van der Waals surface area contributed by atoms with Crippen molar-refractivity contribution in [1.29, 1.82) is 5.26 Å². The molecule has 2 aromatic rings. The number of benzene rings is 1. The molecule has 0 aliphatic carbocycles. The molecule has 0 spiro atoms. The van der Waals surface area contributed by atoms with E-state index >= 15 is 0 Å². The van der Waals surface area contributed by atoms with Gasteiger partial charge in [-0.15, -0.1) is 0 Å². The zero-order chi connectivity index (χ0) is 14.4. The van der Waals surface area contributed by atoms with Gasteiger partial charge in [-0.25, -0.2) is 0 Å². The van der Waals surface area contributed by atoms with E-state index in [1.54, 1.807) is 18.0 Å². The smallest absolute Gasteiger partial charge is 0.118 e. The standard InChI is InChI=1S/C14H14N4O2/c1-20-13-5-3-11(4-6-13)14-12(9-16-19)10-18(17-14)8-2-7-15/h3-6,9-10,19H,2,8H2,1H3. The number of ether oxygens (including phenoxy) is 1. The molecule has 0 bridgehead atoms. The van der Waals surface area contributed by atoms with Crippen LogP contribution in [0.15, 0.2) is 35.6 Å². The molecule has 0 fully saturated rings. The molecule has 0 aliphatic heterocycles. The average Bonchev–Trinajstić information content (AvgIpc) is 2.88. The van der Waals surface area contributed by atoms with Gasteiger partial charge in [0.25, 0.3) is 0 Å². The molecule has 1 N–H and O–H groups in total. The summed E-state index contributed by atoms with van der Waals surface area (Å²) in [4.78, 5) is 0. The zero-order valence-electron chi connectivity index (χ0n) is 11.0. The van der Waals surface area contributed by atoms with Gasteiger partial charge in [0.15, 0.2) is 0 Å². The van der Waals surface area contributed by atoms with Crippen LogP contribution in [0.1, 0.15) is 12.0 Å². The first-order chi connectivity index (χ1) is 9.78. The van der Waals surface area contributed by atoms with Crippen molar-refractivity contribution < 1.29 is 9.94 Å². The van der Waals surface area contributed by atoms with E-state index in [9.17, 15) is 0 Å². The molecule has 6 heteroatoms. The lowest BCUT2D eigenvalue weighted by atomic mass is 10.1. The number of methoxy groups -OCH3 is 1. The number of aromatic nitrogens is 2. The fraction of sp³-hybridized carbons (Fsp3) is 0.214. The van der Waals surface area contributed by atoms with Gasteiger partial charge in [-0.05, 0) is 24.3 Å². The van der Waals surface area contributed by atoms with Crippen molar-refractivity contribution in [2.45, 2.75) is 13.0 Å². The lowest BCUT2D eigenvalue weighted by Gasteiger charge is -2.01. The first-order valence-electron chi connectivity index (χ1n) is 6.04. The maximum absolute atomic E-state index is 8.72. The summed E-state index contributed by atoms with van der Waals surface area (Å²) in [5.41, 5.74) is 2.27. The first-order valence-corrected chi connectivity index (χ1v) is 6.04. The van der Waals surface area contributed by atoms with Crippen molar-refractivity contribution in [2.24, 2.45) is 5.16 Å². The maximum Gasteiger partial charge on any atom is 0.118 e. The Hall–Kier alpha value is -2.81. The zero-order valence-corrected chi connectivity index (χ0v) is 11.0. The number of oxime groups is 1. The van der Waals surface area contributed by atoms with E-state index in [1.807, 2.05) is 24.3 Å². The Labute approximate surface area is 116 Å². The lowest BCUT2D eigenvalue weighted by Crippen LogP contribution is -1.97. The first kappa shape index (κ1) is 13.6. The number of nitrogens with zero attached hydrogens (tertiary/aromatic N) is 4. The molecule has 0 saturated heterocycles. The van der Waals surface area contributed by atoms with Gasteiger partial charge in [-0.2, -0.15) is 10.4 Å². The van der Waals surface area contributed by atoms with Crippen LogP contribution in [0.3, 0.4) is 0 Å². The van der Waals surface area contributed by atoms with E-state index in [0.29, 0.717) is 24.2 Å². The Bertz CT molecular complexity index is 638. The van der Waals surface area contributed by atoms with Crippen molar-refractivity contribution in [3.05, 3.63) is 36.0 Å². The third-order valence-corrected chi connectivity index (χ3v) is 2.80. The molecule has 1 aromatic heterocycles. The van der Waals surface area contributed by atoms with Crippen LogP contribution in [0, 0.1) is 11.3 Å². The van der Waals surface area contributed by atoms with Crippen LogP contribution in [0.2, 0.25) is 0 Å². The van der Waals surface area contributed by atoms with Gasteiger partial charge in [0.2, 0.25) is 0 Å².